The van der Waals surface area contributed by atoms with E-state index in [1.165, 1.54) is 19.9 Å². The number of ether oxygens (including phenoxy) is 6. The molecule has 1 aromatic carbocycles. The number of hydrogen-bond donors (Lipinski definition) is 0. The SMILES string of the molecule is C=CCC1C=CC(=O)C(C(OC(C)=O)C2OC(CC(COC(C)=O)OC(C)=O)C(OCc3ccccc3)C2=O)O1. The molecule has 0 radical (unpaired) electrons. The van der Waals surface area contributed by atoms with Crippen LogP contribution in [-0.4, -0.2) is 78.8 Å². The van der Waals surface area contributed by atoms with Gasteiger partial charge in [0.25, 0.3) is 0 Å². The lowest BCUT2D eigenvalue weighted by atomic mass is 9.96. The van der Waals surface area contributed by atoms with Gasteiger partial charge in [-0.3, -0.25) is 24.0 Å². The van der Waals surface area contributed by atoms with Gasteiger partial charge in [0.05, 0.1) is 18.8 Å². The van der Waals surface area contributed by atoms with Crippen molar-refractivity contribution in [2.45, 2.75) is 82.9 Å². The molecule has 11 heteroatoms. The van der Waals surface area contributed by atoms with Gasteiger partial charge in [0, 0.05) is 27.2 Å². The molecule has 0 amide bonds. The van der Waals surface area contributed by atoms with E-state index in [1.807, 2.05) is 30.3 Å². The van der Waals surface area contributed by atoms with E-state index in [0.29, 0.717) is 6.42 Å². The molecule has 2 aliphatic heterocycles. The van der Waals surface area contributed by atoms with Crippen molar-refractivity contribution in [3.63, 3.8) is 0 Å². The van der Waals surface area contributed by atoms with Crippen LogP contribution in [0.2, 0.25) is 0 Å². The van der Waals surface area contributed by atoms with Crippen molar-refractivity contribution >= 4 is 29.5 Å². The lowest BCUT2D eigenvalue weighted by Gasteiger charge is -2.32. The standard InChI is InChI=1S/C29H34O11/c1-5-9-21-12-13-23(33)26(39-21)29(38-19(4)32)28-25(34)27(36-15-20-10-7-6-8-11-20)24(40-28)14-22(37-18(3)31)16-35-17(2)30/h5-8,10-13,21-22,24,26-29H,1,9,14-16H2,2-4H3. The summed E-state index contributed by atoms with van der Waals surface area (Å²) in [5, 5.41) is 0. The van der Waals surface area contributed by atoms with Gasteiger partial charge in [0.15, 0.2) is 29.9 Å². The molecule has 2 aliphatic rings. The Kier molecular flexibility index (Phi) is 11.3. The molecule has 1 fully saturated rings. The van der Waals surface area contributed by atoms with Crippen LogP contribution in [0, 0.1) is 0 Å². The van der Waals surface area contributed by atoms with Crippen LogP contribution in [0.3, 0.4) is 0 Å². The third-order valence-electron chi connectivity index (χ3n) is 6.17. The molecule has 7 unspecified atom stereocenters. The molecular formula is C29H34O11. The summed E-state index contributed by atoms with van der Waals surface area (Å²) in [6.45, 7) is 7.00. The van der Waals surface area contributed by atoms with Crippen LogP contribution in [-0.2, 0) is 59.0 Å². The van der Waals surface area contributed by atoms with E-state index in [0.717, 1.165) is 12.5 Å². The van der Waals surface area contributed by atoms with Gasteiger partial charge in [0.2, 0.25) is 0 Å². The molecule has 11 nitrogen and oxygen atoms in total. The number of ketones is 2. The van der Waals surface area contributed by atoms with E-state index in [-0.39, 0.29) is 19.6 Å². The molecule has 1 saturated heterocycles. The molecule has 216 valence electrons. The van der Waals surface area contributed by atoms with E-state index in [4.69, 9.17) is 28.4 Å². The average Bonchev–Trinajstić information content (AvgIpc) is 3.20. The summed E-state index contributed by atoms with van der Waals surface area (Å²) in [5.74, 6) is -3.03. The van der Waals surface area contributed by atoms with Gasteiger partial charge >= 0.3 is 17.9 Å². The molecule has 0 spiro atoms. The molecule has 0 aromatic heterocycles. The molecule has 0 aliphatic carbocycles. The Morgan fingerprint density at radius 1 is 0.975 bits per heavy atom. The second-order valence-electron chi connectivity index (χ2n) is 9.44. The second kappa shape index (κ2) is 14.6. The summed E-state index contributed by atoms with van der Waals surface area (Å²) in [6.07, 6.45) is -3.02. The van der Waals surface area contributed by atoms with E-state index in [9.17, 15) is 24.0 Å². The van der Waals surface area contributed by atoms with Crippen LogP contribution in [0.15, 0.2) is 55.1 Å². The first kappa shape index (κ1) is 30.9. The van der Waals surface area contributed by atoms with Crippen molar-refractivity contribution < 1.29 is 52.4 Å². The number of esters is 3. The molecule has 0 N–H and O–H groups in total. The van der Waals surface area contributed by atoms with Crippen LogP contribution in [0.5, 0.6) is 0 Å². The minimum Gasteiger partial charge on any atom is -0.462 e. The fourth-order valence-electron chi connectivity index (χ4n) is 4.50. The maximum Gasteiger partial charge on any atom is 0.303 e. The fraction of sp³-hybridized carbons (Fsp3) is 0.483. The highest BCUT2D eigenvalue weighted by atomic mass is 16.6. The third kappa shape index (κ3) is 8.67. The Labute approximate surface area is 232 Å². The maximum atomic E-state index is 13.8. The summed E-state index contributed by atoms with van der Waals surface area (Å²) in [6, 6.07) is 9.11. The molecule has 1 aromatic rings. The lowest BCUT2D eigenvalue weighted by molar-refractivity contribution is -0.179. The normalized spacial score (nSPS) is 25.6. The summed E-state index contributed by atoms with van der Waals surface area (Å²) < 4.78 is 33.7. The number of rotatable bonds is 13. The van der Waals surface area contributed by atoms with Gasteiger partial charge in [-0.05, 0) is 18.1 Å². The number of Topliss-reactive ketones (excluding diaryl/α,β-unsaturated/α-hetero) is 1. The topological polar surface area (TPSA) is 141 Å². The molecule has 2 heterocycles. The van der Waals surface area contributed by atoms with Crippen LogP contribution in [0.4, 0.5) is 0 Å². The Morgan fingerprint density at radius 2 is 1.68 bits per heavy atom. The van der Waals surface area contributed by atoms with Crippen molar-refractivity contribution in [3.8, 4) is 0 Å². The van der Waals surface area contributed by atoms with E-state index < -0.39 is 72.2 Å². The van der Waals surface area contributed by atoms with Gasteiger partial charge in [-0.1, -0.05) is 42.5 Å². The Balaban J connectivity index is 1.90. The van der Waals surface area contributed by atoms with Crippen LogP contribution in [0.1, 0.15) is 39.2 Å². The van der Waals surface area contributed by atoms with Crippen molar-refractivity contribution in [1.82, 2.24) is 0 Å². The highest BCUT2D eigenvalue weighted by Gasteiger charge is 2.53. The first-order valence-electron chi connectivity index (χ1n) is 12.9. The summed E-state index contributed by atoms with van der Waals surface area (Å²) in [4.78, 5) is 61.8. The van der Waals surface area contributed by atoms with Gasteiger partial charge in [-0.25, -0.2) is 0 Å². The van der Waals surface area contributed by atoms with Gasteiger partial charge in [-0.2, -0.15) is 0 Å². The van der Waals surface area contributed by atoms with E-state index in [2.05, 4.69) is 6.58 Å². The molecule has 7 atom stereocenters. The predicted molar refractivity (Wildman–Crippen MR) is 139 cm³/mol. The van der Waals surface area contributed by atoms with Gasteiger partial charge < -0.3 is 28.4 Å². The minimum absolute atomic E-state index is 0.0489. The van der Waals surface area contributed by atoms with Crippen LogP contribution >= 0.6 is 0 Å². The van der Waals surface area contributed by atoms with Gasteiger partial charge in [0.1, 0.15) is 18.8 Å². The second-order valence-corrected chi connectivity index (χ2v) is 9.44. The first-order valence-corrected chi connectivity index (χ1v) is 12.9. The third-order valence-corrected chi connectivity index (χ3v) is 6.17. The molecule has 3 rings (SSSR count). The van der Waals surface area contributed by atoms with Crippen LogP contribution in [0.25, 0.3) is 0 Å². The monoisotopic (exact) mass is 558 g/mol. The molecular weight excluding hydrogens is 524 g/mol. The Hall–Kier alpha value is -3.67. The van der Waals surface area contributed by atoms with E-state index >= 15 is 0 Å². The summed E-state index contributed by atoms with van der Waals surface area (Å²) in [5.41, 5.74) is 0.786. The molecule has 0 saturated carbocycles. The molecule has 40 heavy (non-hydrogen) atoms. The fourth-order valence-corrected chi connectivity index (χ4v) is 4.50. The Bertz CT molecular complexity index is 1110. The first-order chi connectivity index (χ1) is 19.1. The van der Waals surface area contributed by atoms with Gasteiger partial charge in [-0.15, -0.1) is 6.58 Å². The van der Waals surface area contributed by atoms with Crippen molar-refractivity contribution in [1.29, 1.82) is 0 Å². The number of hydrogen-bond acceptors (Lipinski definition) is 11. The van der Waals surface area contributed by atoms with Crippen molar-refractivity contribution in [2.24, 2.45) is 0 Å². The summed E-state index contributed by atoms with van der Waals surface area (Å²) in [7, 11) is 0. The van der Waals surface area contributed by atoms with Crippen LogP contribution < -0.4 is 0 Å². The Morgan fingerprint density at radius 3 is 2.30 bits per heavy atom. The minimum atomic E-state index is -1.42. The average molecular weight is 559 g/mol. The summed E-state index contributed by atoms with van der Waals surface area (Å²) >= 11 is 0. The maximum absolute atomic E-state index is 13.8. The number of benzene rings is 1. The smallest absolute Gasteiger partial charge is 0.303 e. The number of carbonyl (C=O) groups is 5. The zero-order valence-electron chi connectivity index (χ0n) is 22.7. The zero-order chi connectivity index (χ0) is 29.2. The van der Waals surface area contributed by atoms with Crippen molar-refractivity contribution in [3.05, 3.63) is 60.7 Å². The zero-order valence-corrected chi connectivity index (χ0v) is 22.7. The van der Waals surface area contributed by atoms with E-state index in [1.54, 1.807) is 12.2 Å². The quantitative estimate of drug-likeness (QED) is 0.200. The van der Waals surface area contributed by atoms with Crippen molar-refractivity contribution in [2.75, 3.05) is 6.61 Å². The highest BCUT2D eigenvalue weighted by Crippen LogP contribution is 2.32. The molecule has 0 bridgehead atoms. The predicted octanol–water partition coefficient (Wildman–Crippen LogP) is 2.19. The lowest BCUT2D eigenvalue weighted by Crippen LogP contribution is -2.51. The number of carbonyl (C=O) groups excluding carboxylic acids is 5. The highest BCUT2D eigenvalue weighted by molar-refractivity contribution is 5.97. The largest absolute Gasteiger partial charge is 0.462 e.